The first-order valence-electron chi connectivity index (χ1n) is 4.64. The fraction of sp³-hybridized carbons (Fsp3) is 0.0833. The van der Waals surface area contributed by atoms with E-state index < -0.39 is 0 Å². The molecule has 1 aromatic carbocycles. The fourth-order valence-corrected chi connectivity index (χ4v) is 1.66. The lowest BCUT2D eigenvalue weighted by atomic mass is 10.1. The Morgan fingerprint density at radius 1 is 1.13 bits per heavy atom. The summed E-state index contributed by atoms with van der Waals surface area (Å²) in [6.45, 7) is 1.95. The standard InChI is InChI=1S/C12H11ClN2/c1-8-2-3-9(7-15-8)10-4-11(13)6-12(14)5-10/h2-7H,14H2,1H3. The van der Waals surface area contributed by atoms with Gasteiger partial charge in [-0.25, -0.2) is 0 Å². The first-order chi connectivity index (χ1) is 7.15. The predicted molar refractivity (Wildman–Crippen MR) is 63.8 cm³/mol. The van der Waals surface area contributed by atoms with E-state index in [1.807, 2.05) is 37.4 Å². The summed E-state index contributed by atoms with van der Waals surface area (Å²) in [5.74, 6) is 0. The molecule has 1 heterocycles. The van der Waals surface area contributed by atoms with Gasteiger partial charge in [0.05, 0.1) is 0 Å². The summed E-state index contributed by atoms with van der Waals surface area (Å²) in [7, 11) is 0. The maximum absolute atomic E-state index is 5.93. The molecule has 2 rings (SSSR count). The van der Waals surface area contributed by atoms with Crippen molar-refractivity contribution in [3.63, 3.8) is 0 Å². The summed E-state index contributed by atoms with van der Waals surface area (Å²) in [6.07, 6.45) is 1.82. The first-order valence-corrected chi connectivity index (χ1v) is 5.02. The molecule has 2 nitrogen and oxygen atoms in total. The SMILES string of the molecule is Cc1ccc(-c2cc(N)cc(Cl)c2)cn1. The summed E-state index contributed by atoms with van der Waals surface area (Å²) in [4.78, 5) is 4.23. The van der Waals surface area contributed by atoms with Crippen LogP contribution in [0.1, 0.15) is 5.69 Å². The Morgan fingerprint density at radius 3 is 2.53 bits per heavy atom. The number of benzene rings is 1. The molecule has 0 aliphatic heterocycles. The molecule has 15 heavy (non-hydrogen) atoms. The largest absolute Gasteiger partial charge is 0.399 e. The van der Waals surface area contributed by atoms with E-state index in [0.717, 1.165) is 16.8 Å². The highest BCUT2D eigenvalue weighted by Gasteiger charge is 2.00. The van der Waals surface area contributed by atoms with Crippen LogP contribution in [0.5, 0.6) is 0 Å². The van der Waals surface area contributed by atoms with Crippen LogP contribution in [0.15, 0.2) is 36.5 Å². The molecule has 76 valence electrons. The zero-order chi connectivity index (χ0) is 10.8. The van der Waals surface area contributed by atoms with Gasteiger partial charge in [-0.3, -0.25) is 4.98 Å². The Labute approximate surface area is 93.7 Å². The van der Waals surface area contributed by atoms with Gasteiger partial charge in [0.25, 0.3) is 0 Å². The lowest BCUT2D eigenvalue weighted by molar-refractivity contribution is 1.20. The maximum Gasteiger partial charge on any atom is 0.0432 e. The number of anilines is 1. The van der Waals surface area contributed by atoms with Gasteiger partial charge >= 0.3 is 0 Å². The van der Waals surface area contributed by atoms with Crippen molar-refractivity contribution in [3.8, 4) is 11.1 Å². The van der Waals surface area contributed by atoms with Gasteiger partial charge in [-0.2, -0.15) is 0 Å². The molecule has 2 N–H and O–H groups in total. The number of nitrogens with two attached hydrogens (primary N) is 1. The molecule has 0 aliphatic rings. The van der Waals surface area contributed by atoms with Crippen molar-refractivity contribution in [1.82, 2.24) is 4.98 Å². The lowest BCUT2D eigenvalue weighted by Gasteiger charge is -2.04. The van der Waals surface area contributed by atoms with Gasteiger partial charge in [0.2, 0.25) is 0 Å². The number of aryl methyl sites for hydroxylation is 1. The van der Waals surface area contributed by atoms with E-state index in [-0.39, 0.29) is 0 Å². The third-order valence-electron chi connectivity index (χ3n) is 2.16. The summed E-state index contributed by atoms with van der Waals surface area (Å²) in [5, 5.41) is 0.644. The van der Waals surface area contributed by atoms with Crippen molar-refractivity contribution >= 4 is 17.3 Å². The molecular weight excluding hydrogens is 208 g/mol. The van der Waals surface area contributed by atoms with Crippen molar-refractivity contribution < 1.29 is 0 Å². The van der Waals surface area contributed by atoms with Crippen LogP contribution >= 0.6 is 11.6 Å². The van der Waals surface area contributed by atoms with Crippen molar-refractivity contribution in [2.75, 3.05) is 5.73 Å². The van der Waals surface area contributed by atoms with Crippen LogP contribution in [-0.4, -0.2) is 4.98 Å². The second-order valence-electron chi connectivity index (χ2n) is 3.46. The first kappa shape index (κ1) is 9.99. The normalized spacial score (nSPS) is 10.3. The summed E-state index contributed by atoms with van der Waals surface area (Å²) < 4.78 is 0. The molecule has 0 unspecified atom stereocenters. The third kappa shape index (κ3) is 2.28. The van der Waals surface area contributed by atoms with E-state index in [9.17, 15) is 0 Å². The van der Waals surface area contributed by atoms with Gasteiger partial charge in [-0.15, -0.1) is 0 Å². The molecule has 2 aromatic rings. The van der Waals surface area contributed by atoms with Gasteiger partial charge in [0.15, 0.2) is 0 Å². The van der Waals surface area contributed by atoms with Gasteiger partial charge in [-0.05, 0) is 36.8 Å². The summed E-state index contributed by atoms with van der Waals surface area (Å²) >= 11 is 5.93. The number of rotatable bonds is 1. The summed E-state index contributed by atoms with van der Waals surface area (Å²) in [5.41, 5.74) is 9.40. The van der Waals surface area contributed by atoms with Crippen LogP contribution in [0.2, 0.25) is 5.02 Å². The van der Waals surface area contributed by atoms with Crippen LogP contribution in [0.4, 0.5) is 5.69 Å². The van der Waals surface area contributed by atoms with Crippen LogP contribution in [0.3, 0.4) is 0 Å². The van der Waals surface area contributed by atoms with Gasteiger partial charge < -0.3 is 5.73 Å². The Bertz CT molecular complexity index is 457. The quantitative estimate of drug-likeness (QED) is 0.746. The van der Waals surface area contributed by atoms with E-state index >= 15 is 0 Å². The molecule has 0 radical (unpaired) electrons. The molecule has 3 heteroatoms. The number of nitrogens with zero attached hydrogens (tertiary/aromatic N) is 1. The predicted octanol–water partition coefficient (Wildman–Crippen LogP) is 3.29. The molecule has 0 atom stereocenters. The Hall–Kier alpha value is -1.54. The highest BCUT2D eigenvalue weighted by molar-refractivity contribution is 6.31. The van der Waals surface area contributed by atoms with Gasteiger partial charge in [-0.1, -0.05) is 17.7 Å². The smallest absolute Gasteiger partial charge is 0.0432 e. The molecule has 0 spiro atoms. The molecule has 0 aliphatic carbocycles. The average molecular weight is 219 g/mol. The van der Waals surface area contributed by atoms with Crippen LogP contribution < -0.4 is 5.73 Å². The second kappa shape index (κ2) is 3.91. The van der Waals surface area contributed by atoms with Crippen LogP contribution in [-0.2, 0) is 0 Å². The van der Waals surface area contributed by atoms with E-state index in [1.165, 1.54) is 0 Å². The van der Waals surface area contributed by atoms with Crippen molar-refractivity contribution in [2.45, 2.75) is 6.92 Å². The molecular formula is C12H11ClN2. The molecule has 0 fully saturated rings. The Kier molecular flexibility index (Phi) is 2.60. The van der Waals surface area contributed by atoms with E-state index in [1.54, 1.807) is 6.07 Å². The maximum atomic E-state index is 5.93. The highest BCUT2D eigenvalue weighted by atomic mass is 35.5. The minimum atomic E-state index is 0.644. The molecule has 0 saturated carbocycles. The Balaban J connectivity index is 2.49. The van der Waals surface area contributed by atoms with Gasteiger partial charge in [0, 0.05) is 28.2 Å². The summed E-state index contributed by atoms with van der Waals surface area (Å²) in [6, 6.07) is 9.47. The van der Waals surface area contributed by atoms with E-state index in [0.29, 0.717) is 10.7 Å². The van der Waals surface area contributed by atoms with Crippen LogP contribution in [0, 0.1) is 6.92 Å². The van der Waals surface area contributed by atoms with Gasteiger partial charge in [0.1, 0.15) is 0 Å². The van der Waals surface area contributed by atoms with E-state index in [2.05, 4.69) is 4.98 Å². The minimum Gasteiger partial charge on any atom is -0.399 e. The number of aromatic nitrogens is 1. The minimum absolute atomic E-state index is 0.644. The lowest BCUT2D eigenvalue weighted by Crippen LogP contribution is -1.87. The average Bonchev–Trinajstić information content (AvgIpc) is 2.17. The topological polar surface area (TPSA) is 38.9 Å². The fourth-order valence-electron chi connectivity index (χ4n) is 1.42. The zero-order valence-electron chi connectivity index (χ0n) is 8.37. The van der Waals surface area contributed by atoms with Crippen LogP contribution in [0.25, 0.3) is 11.1 Å². The molecule has 0 amide bonds. The van der Waals surface area contributed by atoms with Crippen molar-refractivity contribution in [1.29, 1.82) is 0 Å². The third-order valence-corrected chi connectivity index (χ3v) is 2.38. The van der Waals surface area contributed by atoms with Crippen molar-refractivity contribution in [3.05, 3.63) is 47.2 Å². The number of pyridine rings is 1. The Morgan fingerprint density at radius 2 is 1.93 bits per heavy atom. The zero-order valence-corrected chi connectivity index (χ0v) is 9.12. The molecule has 0 saturated heterocycles. The number of hydrogen-bond acceptors (Lipinski definition) is 2. The molecule has 1 aromatic heterocycles. The molecule has 0 bridgehead atoms. The monoisotopic (exact) mass is 218 g/mol. The highest BCUT2D eigenvalue weighted by Crippen LogP contribution is 2.25. The number of halogens is 1. The number of hydrogen-bond donors (Lipinski definition) is 1. The van der Waals surface area contributed by atoms with Crippen molar-refractivity contribution in [2.24, 2.45) is 0 Å². The second-order valence-corrected chi connectivity index (χ2v) is 3.90. The van der Waals surface area contributed by atoms with E-state index in [4.69, 9.17) is 17.3 Å². The number of nitrogen functional groups attached to an aromatic ring is 1.